The number of hydrogen-bond acceptors (Lipinski definition) is 0. The van der Waals surface area contributed by atoms with Crippen LogP contribution in [0.4, 0.5) is 0 Å². The first-order valence-electron chi connectivity index (χ1n) is 4.25. The summed E-state index contributed by atoms with van der Waals surface area (Å²) in [6.07, 6.45) is 2.57. The fourth-order valence-electron chi connectivity index (χ4n) is 1.46. The first-order valence-corrected chi connectivity index (χ1v) is 4.25. The third-order valence-corrected chi connectivity index (χ3v) is 2.04. The topological polar surface area (TPSA) is 0 Å². The molecule has 0 N–H and O–H groups in total. The van der Waals surface area contributed by atoms with Crippen molar-refractivity contribution >= 4 is 0 Å². The van der Waals surface area contributed by atoms with E-state index in [0.29, 0.717) is 0 Å². The van der Waals surface area contributed by atoms with Gasteiger partial charge in [0.1, 0.15) is 0 Å². The zero-order chi connectivity index (χ0) is 8.15. The predicted octanol–water partition coefficient (Wildman–Crippen LogP) is 3.63. The van der Waals surface area contributed by atoms with Crippen molar-refractivity contribution in [1.82, 2.24) is 0 Å². The molecule has 0 aromatic rings. The molecule has 0 radical (unpaired) electrons. The van der Waals surface area contributed by atoms with Gasteiger partial charge in [0.15, 0.2) is 0 Å². The van der Waals surface area contributed by atoms with E-state index in [2.05, 4.69) is 34.3 Å². The van der Waals surface area contributed by atoms with Gasteiger partial charge in [-0.1, -0.05) is 39.3 Å². The minimum absolute atomic E-state index is 0.741. The van der Waals surface area contributed by atoms with Crippen LogP contribution in [0.5, 0.6) is 0 Å². The molecule has 60 valence electrons. The molecular weight excluding hydrogens is 120 g/mol. The summed E-state index contributed by atoms with van der Waals surface area (Å²) >= 11 is 0. The number of allylic oxidation sites excluding steroid dienone is 1. The molecule has 0 nitrogen and oxygen atoms in total. The standard InChI is InChI=1S/C10H20/c1-6-7-10(8(2)3)9(4)5/h9-10H,2,6-7H2,1,3-5H3. The molecule has 1 atom stereocenters. The Morgan fingerprint density at radius 1 is 1.40 bits per heavy atom. The smallest absolute Gasteiger partial charge is 0.0186 e. The van der Waals surface area contributed by atoms with Gasteiger partial charge in [-0.25, -0.2) is 0 Å². The second-order valence-corrected chi connectivity index (χ2v) is 3.49. The van der Waals surface area contributed by atoms with E-state index in [4.69, 9.17) is 0 Å². The lowest BCUT2D eigenvalue weighted by Gasteiger charge is -2.19. The van der Waals surface area contributed by atoms with E-state index in [1.54, 1.807) is 0 Å². The highest BCUT2D eigenvalue weighted by molar-refractivity contribution is 4.96. The van der Waals surface area contributed by atoms with Crippen LogP contribution < -0.4 is 0 Å². The van der Waals surface area contributed by atoms with Crippen molar-refractivity contribution < 1.29 is 0 Å². The molecule has 1 unspecified atom stereocenters. The van der Waals surface area contributed by atoms with Gasteiger partial charge in [0.2, 0.25) is 0 Å². The van der Waals surface area contributed by atoms with Crippen molar-refractivity contribution in [3.05, 3.63) is 12.2 Å². The van der Waals surface area contributed by atoms with Crippen LogP contribution in [0.2, 0.25) is 0 Å². The molecule has 0 amide bonds. The average Bonchev–Trinajstić information content (AvgIpc) is 1.81. The van der Waals surface area contributed by atoms with Gasteiger partial charge < -0.3 is 0 Å². The molecule has 0 aliphatic heterocycles. The molecule has 0 aliphatic carbocycles. The lowest BCUT2D eigenvalue weighted by molar-refractivity contribution is 0.412. The molecule has 0 rings (SSSR count). The maximum absolute atomic E-state index is 4.00. The van der Waals surface area contributed by atoms with Crippen molar-refractivity contribution in [1.29, 1.82) is 0 Å². The van der Waals surface area contributed by atoms with E-state index in [1.807, 2.05) is 0 Å². The summed E-state index contributed by atoms with van der Waals surface area (Å²) in [5.74, 6) is 1.50. The normalized spacial score (nSPS) is 13.7. The van der Waals surface area contributed by atoms with Crippen LogP contribution in [0.25, 0.3) is 0 Å². The minimum Gasteiger partial charge on any atom is -0.0999 e. The van der Waals surface area contributed by atoms with Crippen LogP contribution in [0.1, 0.15) is 40.5 Å². The van der Waals surface area contributed by atoms with E-state index in [0.717, 1.165) is 11.8 Å². The maximum atomic E-state index is 4.00. The van der Waals surface area contributed by atoms with E-state index in [9.17, 15) is 0 Å². The van der Waals surface area contributed by atoms with Gasteiger partial charge in [-0.15, -0.1) is 0 Å². The molecule has 0 fully saturated rings. The van der Waals surface area contributed by atoms with Crippen LogP contribution in [0.15, 0.2) is 12.2 Å². The fourth-order valence-corrected chi connectivity index (χ4v) is 1.46. The number of rotatable bonds is 4. The second kappa shape index (κ2) is 4.54. The predicted molar refractivity (Wildman–Crippen MR) is 48.1 cm³/mol. The SMILES string of the molecule is C=C(C)C(CCC)C(C)C. The molecule has 0 aliphatic rings. The van der Waals surface area contributed by atoms with Crippen LogP contribution >= 0.6 is 0 Å². The number of hydrogen-bond donors (Lipinski definition) is 0. The van der Waals surface area contributed by atoms with Gasteiger partial charge in [-0.05, 0) is 25.2 Å². The third kappa shape index (κ3) is 3.05. The summed E-state index contributed by atoms with van der Waals surface area (Å²) in [5.41, 5.74) is 1.34. The van der Waals surface area contributed by atoms with Gasteiger partial charge in [0, 0.05) is 0 Å². The van der Waals surface area contributed by atoms with Crippen molar-refractivity contribution in [2.45, 2.75) is 40.5 Å². The molecule has 0 bridgehead atoms. The molecule has 0 saturated carbocycles. The van der Waals surface area contributed by atoms with E-state index >= 15 is 0 Å². The first-order chi connectivity index (χ1) is 4.59. The summed E-state index contributed by atoms with van der Waals surface area (Å²) in [4.78, 5) is 0. The van der Waals surface area contributed by atoms with Crippen molar-refractivity contribution in [2.24, 2.45) is 11.8 Å². The highest BCUT2D eigenvalue weighted by Crippen LogP contribution is 2.23. The van der Waals surface area contributed by atoms with Crippen molar-refractivity contribution in [3.8, 4) is 0 Å². The summed E-state index contributed by atoms with van der Waals surface area (Å²) in [5, 5.41) is 0. The minimum atomic E-state index is 0.741. The van der Waals surface area contributed by atoms with Crippen LogP contribution in [-0.2, 0) is 0 Å². The summed E-state index contributed by atoms with van der Waals surface area (Å²) in [7, 11) is 0. The monoisotopic (exact) mass is 140 g/mol. The summed E-state index contributed by atoms with van der Waals surface area (Å²) in [6.45, 7) is 12.9. The fraction of sp³-hybridized carbons (Fsp3) is 0.800. The van der Waals surface area contributed by atoms with Gasteiger partial charge in [0.25, 0.3) is 0 Å². The largest absolute Gasteiger partial charge is 0.0999 e. The molecule has 0 aromatic carbocycles. The first kappa shape index (κ1) is 9.74. The molecule has 10 heavy (non-hydrogen) atoms. The highest BCUT2D eigenvalue weighted by atomic mass is 14.2. The molecule has 0 spiro atoms. The Balaban J connectivity index is 3.85. The lowest BCUT2D eigenvalue weighted by Crippen LogP contribution is -2.08. The Morgan fingerprint density at radius 3 is 2.00 bits per heavy atom. The second-order valence-electron chi connectivity index (χ2n) is 3.49. The molecular formula is C10H20. The highest BCUT2D eigenvalue weighted by Gasteiger charge is 2.11. The Morgan fingerprint density at radius 2 is 1.90 bits per heavy atom. The van der Waals surface area contributed by atoms with Crippen LogP contribution in [0, 0.1) is 11.8 Å². The van der Waals surface area contributed by atoms with Crippen molar-refractivity contribution in [3.63, 3.8) is 0 Å². The molecule has 0 heteroatoms. The van der Waals surface area contributed by atoms with Gasteiger partial charge in [-0.2, -0.15) is 0 Å². The molecule has 0 saturated heterocycles. The summed E-state index contributed by atoms with van der Waals surface area (Å²) in [6, 6.07) is 0. The Hall–Kier alpha value is -0.260. The average molecular weight is 140 g/mol. The Kier molecular flexibility index (Phi) is 4.42. The van der Waals surface area contributed by atoms with E-state index in [1.165, 1.54) is 18.4 Å². The maximum Gasteiger partial charge on any atom is -0.0186 e. The molecule has 0 heterocycles. The Labute approximate surface area is 65.3 Å². The van der Waals surface area contributed by atoms with Gasteiger partial charge in [-0.3, -0.25) is 0 Å². The van der Waals surface area contributed by atoms with E-state index < -0.39 is 0 Å². The van der Waals surface area contributed by atoms with Gasteiger partial charge in [0.05, 0.1) is 0 Å². The molecule has 0 aromatic heterocycles. The third-order valence-electron chi connectivity index (χ3n) is 2.04. The zero-order valence-corrected chi connectivity index (χ0v) is 7.78. The summed E-state index contributed by atoms with van der Waals surface area (Å²) < 4.78 is 0. The Bertz CT molecular complexity index is 101. The van der Waals surface area contributed by atoms with Gasteiger partial charge >= 0.3 is 0 Å². The zero-order valence-electron chi connectivity index (χ0n) is 7.78. The van der Waals surface area contributed by atoms with Crippen LogP contribution in [0.3, 0.4) is 0 Å². The van der Waals surface area contributed by atoms with Crippen molar-refractivity contribution in [2.75, 3.05) is 0 Å². The van der Waals surface area contributed by atoms with E-state index in [-0.39, 0.29) is 0 Å². The van der Waals surface area contributed by atoms with Crippen LogP contribution in [-0.4, -0.2) is 0 Å². The quantitative estimate of drug-likeness (QED) is 0.523. The lowest BCUT2D eigenvalue weighted by atomic mass is 9.86.